The molecule has 0 saturated heterocycles. The van der Waals surface area contributed by atoms with Crippen LogP contribution in [0, 0.1) is 13.8 Å². The van der Waals surface area contributed by atoms with Gasteiger partial charge in [0, 0.05) is 30.2 Å². The number of carbonyl (C=O) groups is 1. The molecule has 3 rings (SSSR count). The van der Waals surface area contributed by atoms with Gasteiger partial charge in [-0.25, -0.2) is 4.98 Å². The number of carbonyl (C=O) groups excluding carboxylic acids is 1. The Labute approximate surface area is 166 Å². The number of benzene rings is 2. The van der Waals surface area contributed by atoms with Gasteiger partial charge in [0.05, 0.1) is 5.52 Å². The van der Waals surface area contributed by atoms with Gasteiger partial charge >= 0.3 is 0 Å². The minimum Gasteiger partial charge on any atom is -0.357 e. The Morgan fingerprint density at radius 3 is 2.43 bits per heavy atom. The standard InChI is InChI=1S/C24H27N3O/c1-5-27(6-2)23-15-18(4)21-16-20(12-13-22(21)26-23)25-24(28)14-11-19-9-7-17(3)8-10-19/h7-16H,5-6H2,1-4H3,(H,25,28). The number of hydrogen-bond donors (Lipinski definition) is 1. The summed E-state index contributed by atoms with van der Waals surface area (Å²) in [4.78, 5) is 19.3. The SMILES string of the molecule is CCN(CC)c1cc(C)c2cc(NC(=O)C=Cc3ccc(C)cc3)ccc2n1. The fourth-order valence-corrected chi connectivity index (χ4v) is 3.20. The average molecular weight is 374 g/mol. The molecule has 0 fully saturated rings. The molecule has 144 valence electrons. The molecule has 0 aliphatic heterocycles. The van der Waals surface area contributed by atoms with Crippen molar-refractivity contribution in [3.05, 3.63) is 71.3 Å². The number of fused-ring (bicyclic) bond motifs is 1. The zero-order valence-electron chi connectivity index (χ0n) is 17.0. The Morgan fingerprint density at radius 2 is 1.75 bits per heavy atom. The van der Waals surface area contributed by atoms with Crippen LogP contribution >= 0.6 is 0 Å². The number of pyridine rings is 1. The third-order valence-corrected chi connectivity index (χ3v) is 4.86. The van der Waals surface area contributed by atoms with Crippen molar-refractivity contribution in [1.82, 2.24) is 4.98 Å². The van der Waals surface area contributed by atoms with Crippen LogP contribution in [0.1, 0.15) is 30.5 Å². The molecular formula is C24H27N3O. The van der Waals surface area contributed by atoms with E-state index in [1.54, 1.807) is 6.08 Å². The van der Waals surface area contributed by atoms with Crippen molar-refractivity contribution in [2.75, 3.05) is 23.3 Å². The van der Waals surface area contributed by atoms with Crippen LogP contribution in [0.3, 0.4) is 0 Å². The molecule has 0 bridgehead atoms. The average Bonchev–Trinajstić information content (AvgIpc) is 2.69. The maximum absolute atomic E-state index is 12.3. The molecule has 0 saturated carbocycles. The van der Waals surface area contributed by atoms with Gasteiger partial charge in [-0.3, -0.25) is 4.79 Å². The minimum absolute atomic E-state index is 0.148. The number of hydrogen-bond acceptors (Lipinski definition) is 3. The third kappa shape index (κ3) is 4.58. The Bertz CT molecular complexity index is 1000. The van der Waals surface area contributed by atoms with Crippen LogP contribution in [0.5, 0.6) is 0 Å². The Kier molecular flexibility index (Phi) is 6.09. The number of rotatable bonds is 6. The van der Waals surface area contributed by atoms with Crippen LogP contribution in [-0.4, -0.2) is 24.0 Å². The number of amides is 1. The van der Waals surface area contributed by atoms with E-state index in [0.29, 0.717) is 0 Å². The van der Waals surface area contributed by atoms with E-state index in [-0.39, 0.29) is 5.91 Å². The summed E-state index contributed by atoms with van der Waals surface area (Å²) < 4.78 is 0. The van der Waals surface area contributed by atoms with Crippen LogP contribution in [0.15, 0.2) is 54.6 Å². The van der Waals surface area contributed by atoms with Gasteiger partial charge in [0.25, 0.3) is 0 Å². The summed E-state index contributed by atoms with van der Waals surface area (Å²) in [6.45, 7) is 10.2. The lowest BCUT2D eigenvalue weighted by Gasteiger charge is -2.21. The van der Waals surface area contributed by atoms with E-state index in [0.717, 1.165) is 46.6 Å². The lowest BCUT2D eigenvalue weighted by molar-refractivity contribution is -0.111. The smallest absolute Gasteiger partial charge is 0.248 e. The summed E-state index contributed by atoms with van der Waals surface area (Å²) in [6, 6.07) is 16.0. The molecule has 0 spiro atoms. The highest BCUT2D eigenvalue weighted by atomic mass is 16.1. The first-order chi connectivity index (χ1) is 13.5. The van der Waals surface area contributed by atoms with E-state index >= 15 is 0 Å². The van der Waals surface area contributed by atoms with Crippen LogP contribution in [-0.2, 0) is 4.79 Å². The molecule has 0 aliphatic carbocycles. The molecule has 28 heavy (non-hydrogen) atoms. The fourth-order valence-electron chi connectivity index (χ4n) is 3.20. The monoisotopic (exact) mass is 373 g/mol. The summed E-state index contributed by atoms with van der Waals surface area (Å²) in [5.41, 5.74) is 5.06. The second-order valence-electron chi connectivity index (χ2n) is 6.93. The van der Waals surface area contributed by atoms with Gasteiger partial charge in [-0.15, -0.1) is 0 Å². The molecule has 0 radical (unpaired) electrons. The molecule has 1 amide bonds. The zero-order valence-corrected chi connectivity index (χ0v) is 17.0. The predicted octanol–water partition coefficient (Wildman–Crippen LogP) is 5.35. The van der Waals surface area contributed by atoms with Gasteiger partial charge in [-0.05, 0) is 69.2 Å². The van der Waals surface area contributed by atoms with Crippen LogP contribution < -0.4 is 10.2 Å². The van der Waals surface area contributed by atoms with Crippen molar-refractivity contribution in [3.63, 3.8) is 0 Å². The van der Waals surface area contributed by atoms with Gasteiger partial charge in [-0.2, -0.15) is 0 Å². The second-order valence-corrected chi connectivity index (χ2v) is 6.93. The molecule has 2 aromatic carbocycles. The predicted molar refractivity (Wildman–Crippen MR) is 119 cm³/mol. The zero-order chi connectivity index (χ0) is 20.1. The van der Waals surface area contributed by atoms with Gasteiger partial charge < -0.3 is 10.2 Å². The van der Waals surface area contributed by atoms with E-state index in [1.165, 1.54) is 5.56 Å². The summed E-state index contributed by atoms with van der Waals surface area (Å²) in [5.74, 6) is 0.845. The first-order valence-corrected chi connectivity index (χ1v) is 9.72. The maximum Gasteiger partial charge on any atom is 0.248 e. The Hall–Kier alpha value is -3.14. The van der Waals surface area contributed by atoms with Crippen molar-refractivity contribution >= 4 is 34.4 Å². The summed E-state index contributed by atoms with van der Waals surface area (Å²) in [5, 5.41) is 3.99. The van der Waals surface area contributed by atoms with Crippen molar-refractivity contribution in [2.24, 2.45) is 0 Å². The normalized spacial score (nSPS) is 11.1. The third-order valence-electron chi connectivity index (χ3n) is 4.86. The molecule has 0 aliphatic rings. The highest BCUT2D eigenvalue weighted by molar-refractivity contribution is 6.03. The van der Waals surface area contributed by atoms with Crippen molar-refractivity contribution < 1.29 is 4.79 Å². The molecule has 4 nitrogen and oxygen atoms in total. The number of nitrogens with zero attached hydrogens (tertiary/aromatic N) is 2. The lowest BCUT2D eigenvalue weighted by atomic mass is 10.1. The van der Waals surface area contributed by atoms with Crippen LogP contribution in [0.2, 0.25) is 0 Å². The molecule has 1 heterocycles. The summed E-state index contributed by atoms with van der Waals surface area (Å²) in [6.07, 6.45) is 3.38. The lowest BCUT2D eigenvalue weighted by Crippen LogP contribution is -2.23. The van der Waals surface area contributed by atoms with E-state index in [9.17, 15) is 4.79 Å². The number of aryl methyl sites for hydroxylation is 2. The molecule has 0 atom stereocenters. The van der Waals surface area contributed by atoms with Crippen molar-refractivity contribution in [3.8, 4) is 0 Å². The van der Waals surface area contributed by atoms with Crippen LogP contribution in [0.25, 0.3) is 17.0 Å². The molecule has 1 N–H and O–H groups in total. The van der Waals surface area contributed by atoms with Crippen molar-refractivity contribution in [1.29, 1.82) is 0 Å². The van der Waals surface area contributed by atoms with Crippen molar-refractivity contribution in [2.45, 2.75) is 27.7 Å². The van der Waals surface area contributed by atoms with Gasteiger partial charge in [0.2, 0.25) is 5.91 Å². The molecule has 1 aromatic heterocycles. The van der Waals surface area contributed by atoms with E-state index in [1.807, 2.05) is 55.5 Å². The molecule has 3 aromatic rings. The molecular weight excluding hydrogens is 346 g/mol. The fraction of sp³-hybridized carbons (Fsp3) is 0.250. The van der Waals surface area contributed by atoms with E-state index in [2.05, 4.69) is 37.1 Å². The summed E-state index contributed by atoms with van der Waals surface area (Å²) >= 11 is 0. The molecule has 4 heteroatoms. The maximum atomic E-state index is 12.3. The Morgan fingerprint density at radius 1 is 1.04 bits per heavy atom. The topological polar surface area (TPSA) is 45.2 Å². The number of nitrogens with one attached hydrogen (secondary N) is 1. The highest BCUT2D eigenvalue weighted by Crippen LogP contribution is 2.25. The van der Waals surface area contributed by atoms with Gasteiger partial charge in [-0.1, -0.05) is 29.8 Å². The first kappa shape index (κ1) is 19.6. The minimum atomic E-state index is -0.148. The molecule has 0 unspecified atom stereocenters. The number of aromatic nitrogens is 1. The Balaban J connectivity index is 1.78. The van der Waals surface area contributed by atoms with Gasteiger partial charge in [0.1, 0.15) is 5.82 Å². The number of anilines is 2. The van der Waals surface area contributed by atoms with E-state index in [4.69, 9.17) is 4.98 Å². The second kappa shape index (κ2) is 8.70. The quantitative estimate of drug-likeness (QED) is 0.593. The van der Waals surface area contributed by atoms with Crippen LogP contribution in [0.4, 0.5) is 11.5 Å². The highest BCUT2D eigenvalue weighted by Gasteiger charge is 2.09. The summed E-state index contributed by atoms with van der Waals surface area (Å²) in [7, 11) is 0. The van der Waals surface area contributed by atoms with Gasteiger partial charge in [0.15, 0.2) is 0 Å². The largest absolute Gasteiger partial charge is 0.357 e. The first-order valence-electron chi connectivity index (χ1n) is 9.72. The van der Waals surface area contributed by atoms with E-state index < -0.39 is 0 Å².